The van der Waals surface area contributed by atoms with E-state index in [2.05, 4.69) is 24.0 Å². The number of piperidine rings is 1. The zero-order chi connectivity index (χ0) is 17.7. The maximum atomic E-state index is 11.3. The minimum atomic E-state index is -0.427. The highest BCUT2D eigenvalue weighted by molar-refractivity contribution is 5.83. The predicted octanol–water partition coefficient (Wildman–Crippen LogP) is 3.23. The Morgan fingerprint density at radius 2 is 1.71 bits per heavy atom. The summed E-state index contributed by atoms with van der Waals surface area (Å²) in [5.74, 6) is 0.727. The van der Waals surface area contributed by atoms with Crippen LogP contribution in [0.3, 0.4) is 0 Å². The molecule has 2 rings (SSSR count). The topological polar surface area (TPSA) is 60.4 Å². The van der Waals surface area contributed by atoms with Crippen molar-refractivity contribution in [2.45, 2.75) is 52.1 Å². The van der Waals surface area contributed by atoms with Crippen molar-refractivity contribution in [3.63, 3.8) is 0 Å². The van der Waals surface area contributed by atoms with Gasteiger partial charge in [0.05, 0.1) is 20.4 Å². The molecule has 0 unspecified atom stereocenters. The van der Waals surface area contributed by atoms with Crippen LogP contribution in [0.2, 0.25) is 0 Å². The minimum absolute atomic E-state index is 0.282. The summed E-state index contributed by atoms with van der Waals surface area (Å²) in [6, 6.07) is 4.41. The third-order valence-corrected chi connectivity index (χ3v) is 4.22. The smallest absolute Gasteiger partial charge is 0.308 e. The van der Waals surface area contributed by atoms with Crippen LogP contribution in [0.5, 0.6) is 17.2 Å². The van der Waals surface area contributed by atoms with E-state index in [0.717, 1.165) is 18.4 Å². The second-order valence-corrected chi connectivity index (χ2v) is 6.10. The van der Waals surface area contributed by atoms with Crippen LogP contribution in [0, 0.1) is 0 Å². The van der Waals surface area contributed by atoms with Gasteiger partial charge in [-0.15, -0.1) is 0 Å². The van der Waals surface area contributed by atoms with Crippen molar-refractivity contribution < 1.29 is 19.0 Å². The average molecular weight is 334 g/mol. The molecular weight excluding hydrogens is 308 g/mol. The highest BCUT2D eigenvalue weighted by Gasteiger charge is 2.23. The molecule has 0 saturated carbocycles. The summed E-state index contributed by atoms with van der Waals surface area (Å²) < 4.78 is 15.9. The third-order valence-electron chi connectivity index (χ3n) is 4.22. The van der Waals surface area contributed by atoms with Crippen molar-refractivity contribution >= 4 is 12.2 Å². The van der Waals surface area contributed by atoms with Crippen molar-refractivity contribution in [1.82, 2.24) is 5.01 Å². The Bertz CT molecular complexity index is 580. The number of ether oxygens (including phenoxy) is 3. The molecule has 6 nitrogen and oxygen atoms in total. The molecule has 1 aliphatic heterocycles. The lowest BCUT2D eigenvalue weighted by atomic mass is 10.00. The number of benzene rings is 1. The lowest BCUT2D eigenvalue weighted by Crippen LogP contribution is -2.39. The highest BCUT2D eigenvalue weighted by Crippen LogP contribution is 2.38. The van der Waals surface area contributed by atoms with Crippen LogP contribution < -0.4 is 14.2 Å². The summed E-state index contributed by atoms with van der Waals surface area (Å²) >= 11 is 0. The second kappa shape index (κ2) is 8.04. The van der Waals surface area contributed by atoms with E-state index in [1.54, 1.807) is 18.3 Å². The number of rotatable bonds is 5. The standard InChI is InChI=1S/C18H26N2O4/c1-12-7-6-8-13(2)20(12)19-11-15-9-16(22-4)18(24-14(3)21)17(10-15)23-5/h9-13H,6-8H2,1-5H3/b19-11-/t12-,13+. The number of nitrogens with zero attached hydrogens (tertiary/aromatic N) is 2. The van der Waals surface area contributed by atoms with Gasteiger partial charge in [0.15, 0.2) is 11.5 Å². The summed E-state index contributed by atoms with van der Waals surface area (Å²) in [6.07, 6.45) is 5.34. The van der Waals surface area contributed by atoms with E-state index >= 15 is 0 Å². The molecule has 1 aromatic rings. The molecule has 0 aromatic heterocycles. The van der Waals surface area contributed by atoms with Gasteiger partial charge >= 0.3 is 5.97 Å². The quantitative estimate of drug-likeness (QED) is 0.470. The van der Waals surface area contributed by atoms with Crippen LogP contribution >= 0.6 is 0 Å². The van der Waals surface area contributed by atoms with E-state index in [1.165, 1.54) is 27.6 Å². The van der Waals surface area contributed by atoms with Gasteiger partial charge < -0.3 is 14.2 Å². The Labute approximate surface area is 143 Å². The summed E-state index contributed by atoms with van der Waals surface area (Å²) in [5, 5.41) is 6.79. The van der Waals surface area contributed by atoms with Crippen LogP contribution in [0.15, 0.2) is 17.2 Å². The molecule has 0 spiro atoms. The van der Waals surface area contributed by atoms with Crippen molar-refractivity contribution in [1.29, 1.82) is 0 Å². The lowest BCUT2D eigenvalue weighted by molar-refractivity contribution is -0.132. The SMILES string of the molecule is COc1cc(/C=N\N2[C@H](C)CCC[C@@H]2C)cc(OC)c1OC(C)=O. The fourth-order valence-corrected chi connectivity index (χ4v) is 2.99. The van der Waals surface area contributed by atoms with Crippen molar-refractivity contribution in [3.8, 4) is 17.2 Å². The Morgan fingerprint density at radius 3 is 2.17 bits per heavy atom. The van der Waals surface area contributed by atoms with Crippen LogP contribution in [-0.2, 0) is 4.79 Å². The van der Waals surface area contributed by atoms with E-state index in [1.807, 2.05) is 0 Å². The number of carbonyl (C=O) groups is 1. The maximum absolute atomic E-state index is 11.3. The van der Waals surface area contributed by atoms with Gasteiger partial charge in [0.25, 0.3) is 0 Å². The molecule has 0 aliphatic carbocycles. The number of hydrogen-bond acceptors (Lipinski definition) is 6. The molecule has 132 valence electrons. The Kier molecular flexibility index (Phi) is 6.06. The molecule has 1 aliphatic rings. The molecule has 1 fully saturated rings. The Balaban J connectivity index is 2.30. The van der Waals surface area contributed by atoms with Gasteiger partial charge in [-0.1, -0.05) is 0 Å². The number of methoxy groups -OCH3 is 2. The average Bonchev–Trinajstić information content (AvgIpc) is 2.54. The van der Waals surface area contributed by atoms with Crippen LogP contribution in [0.25, 0.3) is 0 Å². The number of hydrazone groups is 1. The van der Waals surface area contributed by atoms with Gasteiger partial charge in [0.2, 0.25) is 5.75 Å². The predicted molar refractivity (Wildman–Crippen MR) is 93.1 cm³/mol. The van der Waals surface area contributed by atoms with Crippen molar-refractivity contribution in [3.05, 3.63) is 17.7 Å². The van der Waals surface area contributed by atoms with Gasteiger partial charge in [-0.05, 0) is 45.2 Å². The first kappa shape index (κ1) is 18.1. The van der Waals surface area contributed by atoms with E-state index in [4.69, 9.17) is 14.2 Å². The molecule has 0 radical (unpaired) electrons. The molecule has 0 N–H and O–H groups in total. The summed E-state index contributed by atoms with van der Waals surface area (Å²) in [5.41, 5.74) is 0.824. The zero-order valence-corrected chi connectivity index (χ0v) is 15.0. The van der Waals surface area contributed by atoms with Crippen molar-refractivity contribution in [2.24, 2.45) is 5.10 Å². The van der Waals surface area contributed by atoms with E-state index in [-0.39, 0.29) is 5.75 Å². The molecule has 1 saturated heterocycles. The molecule has 24 heavy (non-hydrogen) atoms. The normalized spacial score (nSPS) is 21.0. The fourth-order valence-electron chi connectivity index (χ4n) is 2.99. The summed E-state index contributed by atoms with van der Waals surface area (Å²) in [4.78, 5) is 11.3. The molecule has 0 bridgehead atoms. The molecule has 2 atom stereocenters. The van der Waals surface area contributed by atoms with Gasteiger partial charge in [-0.3, -0.25) is 9.80 Å². The number of esters is 1. The molecule has 1 aromatic carbocycles. The van der Waals surface area contributed by atoms with E-state index in [0.29, 0.717) is 23.6 Å². The first-order chi connectivity index (χ1) is 11.5. The number of hydrogen-bond donors (Lipinski definition) is 0. The van der Waals surface area contributed by atoms with Crippen LogP contribution in [0.1, 0.15) is 45.6 Å². The van der Waals surface area contributed by atoms with Crippen LogP contribution in [0.4, 0.5) is 0 Å². The minimum Gasteiger partial charge on any atom is -0.493 e. The third kappa shape index (κ3) is 4.19. The van der Waals surface area contributed by atoms with Gasteiger partial charge in [-0.25, -0.2) is 0 Å². The first-order valence-electron chi connectivity index (χ1n) is 8.23. The molecule has 6 heteroatoms. The Hall–Kier alpha value is -2.24. The Morgan fingerprint density at radius 1 is 1.17 bits per heavy atom. The monoisotopic (exact) mass is 334 g/mol. The maximum Gasteiger partial charge on any atom is 0.308 e. The largest absolute Gasteiger partial charge is 0.493 e. The first-order valence-corrected chi connectivity index (χ1v) is 8.23. The second-order valence-electron chi connectivity index (χ2n) is 6.10. The molecule has 0 amide bonds. The van der Waals surface area contributed by atoms with E-state index in [9.17, 15) is 4.79 Å². The highest BCUT2D eigenvalue weighted by atomic mass is 16.6. The van der Waals surface area contributed by atoms with Gasteiger partial charge in [0.1, 0.15) is 0 Å². The number of carbonyl (C=O) groups excluding carboxylic acids is 1. The van der Waals surface area contributed by atoms with Crippen LogP contribution in [-0.4, -0.2) is 43.5 Å². The van der Waals surface area contributed by atoms with Gasteiger partial charge in [0, 0.05) is 24.6 Å². The lowest BCUT2D eigenvalue weighted by Gasteiger charge is -2.36. The van der Waals surface area contributed by atoms with Crippen molar-refractivity contribution in [2.75, 3.05) is 14.2 Å². The fraction of sp³-hybridized carbons (Fsp3) is 0.556. The summed E-state index contributed by atoms with van der Waals surface area (Å²) in [6.45, 7) is 5.73. The zero-order valence-electron chi connectivity index (χ0n) is 15.0. The molecular formula is C18H26N2O4. The van der Waals surface area contributed by atoms with Gasteiger partial charge in [-0.2, -0.15) is 5.10 Å². The molecule has 1 heterocycles. The van der Waals surface area contributed by atoms with E-state index < -0.39 is 5.97 Å². The summed E-state index contributed by atoms with van der Waals surface area (Å²) in [7, 11) is 3.05.